The van der Waals surface area contributed by atoms with Crippen LogP contribution in [0.4, 0.5) is 5.69 Å². The SMILES string of the molecule is COC(=O)c1ccc(NC(=O)[C@@H](N)C(C)(C)C)cc1. The fraction of sp³-hybridized carbons (Fsp3) is 0.429. The Morgan fingerprint density at radius 3 is 2.16 bits per heavy atom. The average Bonchev–Trinajstić information content (AvgIpc) is 2.36. The molecule has 1 aromatic carbocycles. The highest BCUT2D eigenvalue weighted by Gasteiger charge is 2.27. The largest absolute Gasteiger partial charge is 0.465 e. The van der Waals surface area contributed by atoms with Crippen LogP contribution in [0.2, 0.25) is 0 Å². The minimum atomic E-state index is -0.604. The number of nitrogens with two attached hydrogens (primary N) is 1. The van der Waals surface area contributed by atoms with Crippen LogP contribution in [0.15, 0.2) is 24.3 Å². The van der Waals surface area contributed by atoms with Crippen molar-refractivity contribution in [1.82, 2.24) is 0 Å². The number of carbonyl (C=O) groups is 2. The Labute approximate surface area is 113 Å². The number of nitrogens with one attached hydrogen (secondary N) is 1. The van der Waals surface area contributed by atoms with Crippen LogP contribution in [0, 0.1) is 5.41 Å². The topological polar surface area (TPSA) is 81.4 Å². The van der Waals surface area contributed by atoms with E-state index in [9.17, 15) is 9.59 Å². The molecule has 0 aliphatic carbocycles. The summed E-state index contributed by atoms with van der Waals surface area (Å²) in [6.45, 7) is 5.70. The molecule has 0 aliphatic heterocycles. The Balaban J connectivity index is 2.73. The first-order valence-electron chi connectivity index (χ1n) is 6.00. The minimum absolute atomic E-state index is 0.252. The molecule has 0 fully saturated rings. The van der Waals surface area contributed by atoms with E-state index in [0.717, 1.165) is 0 Å². The lowest BCUT2D eigenvalue weighted by atomic mass is 9.87. The first-order chi connectivity index (χ1) is 8.75. The van der Waals surface area contributed by atoms with Gasteiger partial charge in [-0.05, 0) is 29.7 Å². The summed E-state index contributed by atoms with van der Waals surface area (Å²) in [5.74, 6) is -0.664. The van der Waals surface area contributed by atoms with E-state index < -0.39 is 12.0 Å². The lowest BCUT2D eigenvalue weighted by Crippen LogP contribution is -2.45. The molecule has 0 aromatic heterocycles. The van der Waals surface area contributed by atoms with E-state index in [1.54, 1.807) is 24.3 Å². The number of carbonyl (C=O) groups excluding carboxylic acids is 2. The second kappa shape index (κ2) is 5.84. The summed E-state index contributed by atoms with van der Waals surface area (Å²) in [5.41, 5.74) is 6.57. The van der Waals surface area contributed by atoms with Gasteiger partial charge in [0.25, 0.3) is 0 Å². The molecule has 104 valence electrons. The zero-order valence-electron chi connectivity index (χ0n) is 11.7. The Morgan fingerprint density at radius 2 is 1.74 bits per heavy atom. The van der Waals surface area contributed by atoms with Crippen molar-refractivity contribution in [2.75, 3.05) is 12.4 Å². The Hall–Kier alpha value is -1.88. The number of ether oxygens (including phenoxy) is 1. The summed E-state index contributed by atoms with van der Waals surface area (Å²) in [5, 5.41) is 2.72. The van der Waals surface area contributed by atoms with Crippen molar-refractivity contribution in [3.05, 3.63) is 29.8 Å². The van der Waals surface area contributed by atoms with Crippen LogP contribution in [0.25, 0.3) is 0 Å². The first kappa shape index (κ1) is 15.2. The van der Waals surface area contributed by atoms with Gasteiger partial charge in [0.2, 0.25) is 5.91 Å². The molecule has 1 atom stereocenters. The maximum absolute atomic E-state index is 11.9. The predicted molar refractivity (Wildman–Crippen MR) is 73.8 cm³/mol. The number of methoxy groups -OCH3 is 1. The number of anilines is 1. The molecular formula is C14H20N2O3. The Kier molecular flexibility index (Phi) is 4.67. The van der Waals surface area contributed by atoms with Gasteiger partial charge in [0.1, 0.15) is 0 Å². The zero-order valence-corrected chi connectivity index (χ0v) is 11.7. The lowest BCUT2D eigenvalue weighted by molar-refractivity contribution is -0.119. The van der Waals surface area contributed by atoms with E-state index in [4.69, 9.17) is 5.73 Å². The van der Waals surface area contributed by atoms with Crippen LogP contribution < -0.4 is 11.1 Å². The zero-order chi connectivity index (χ0) is 14.6. The standard InChI is InChI=1S/C14H20N2O3/c1-14(2,3)11(15)12(17)16-10-7-5-9(6-8-10)13(18)19-4/h5-8,11H,15H2,1-4H3,(H,16,17)/t11-/m1/s1. The molecule has 1 aromatic rings. The first-order valence-corrected chi connectivity index (χ1v) is 6.00. The molecule has 3 N–H and O–H groups in total. The van der Waals surface area contributed by atoms with E-state index in [1.165, 1.54) is 7.11 Å². The van der Waals surface area contributed by atoms with E-state index in [0.29, 0.717) is 11.3 Å². The van der Waals surface area contributed by atoms with Crippen LogP contribution in [0.5, 0.6) is 0 Å². The quantitative estimate of drug-likeness (QED) is 0.815. The molecule has 19 heavy (non-hydrogen) atoms. The number of amides is 1. The van der Waals surface area contributed by atoms with Gasteiger partial charge in [0, 0.05) is 5.69 Å². The van der Waals surface area contributed by atoms with Crippen LogP contribution in [0.1, 0.15) is 31.1 Å². The molecule has 5 nitrogen and oxygen atoms in total. The third kappa shape index (κ3) is 4.06. The van der Waals surface area contributed by atoms with Crippen molar-refractivity contribution in [2.45, 2.75) is 26.8 Å². The third-order valence-corrected chi connectivity index (χ3v) is 2.79. The lowest BCUT2D eigenvalue weighted by Gasteiger charge is -2.25. The number of hydrogen-bond donors (Lipinski definition) is 2. The summed E-state index contributed by atoms with van der Waals surface area (Å²) >= 11 is 0. The Bertz CT molecular complexity index is 461. The van der Waals surface area contributed by atoms with Gasteiger partial charge in [-0.15, -0.1) is 0 Å². The minimum Gasteiger partial charge on any atom is -0.465 e. The van der Waals surface area contributed by atoms with Gasteiger partial charge in [0.15, 0.2) is 0 Å². The van der Waals surface area contributed by atoms with Crippen LogP contribution in [-0.4, -0.2) is 25.0 Å². The molecule has 1 amide bonds. The van der Waals surface area contributed by atoms with Crippen molar-refractivity contribution >= 4 is 17.6 Å². The molecule has 5 heteroatoms. The molecule has 0 heterocycles. The molecule has 0 aliphatic rings. The summed E-state index contributed by atoms with van der Waals surface area (Å²) in [7, 11) is 1.32. The molecule has 1 rings (SSSR count). The second-order valence-corrected chi connectivity index (χ2v) is 5.40. The maximum atomic E-state index is 11.9. The highest BCUT2D eigenvalue weighted by Crippen LogP contribution is 2.19. The van der Waals surface area contributed by atoms with Gasteiger partial charge in [0.05, 0.1) is 18.7 Å². The van der Waals surface area contributed by atoms with Crippen molar-refractivity contribution in [2.24, 2.45) is 11.1 Å². The second-order valence-electron chi connectivity index (χ2n) is 5.40. The molecule has 0 spiro atoms. The molecular weight excluding hydrogens is 244 g/mol. The van der Waals surface area contributed by atoms with Crippen molar-refractivity contribution < 1.29 is 14.3 Å². The van der Waals surface area contributed by atoms with Gasteiger partial charge in [-0.25, -0.2) is 4.79 Å². The van der Waals surface area contributed by atoms with Gasteiger partial charge in [-0.2, -0.15) is 0 Å². The van der Waals surface area contributed by atoms with Crippen LogP contribution >= 0.6 is 0 Å². The number of benzene rings is 1. The molecule has 0 saturated heterocycles. The predicted octanol–water partition coefficient (Wildman–Crippen LogP) is 1.79. The summed E-state index contributed by atoms with van der Waals surface area (Å²) in [6, 6.07) is 5.85. The smallest absolute Gasteiger partial charge is 0.337 e. The van der Waals surface area contributed by atoms with E-state index in [2.05, 4.69) is 10.1 Å². The molecule has 0 bridgehead atoms. The van der Waals surface area contributed by atoms with Gasteiger partial charge in [-0.1, -0.05) is 20.8 Å². The number of esters is 1. The van der Waals surface area contributed by atoms with Crippen LogP contribution in [0.3, 0.4) is 0 Å². The monoisotopic (exact) mass is 264 g/mol. The fourth-order valence-electron chi connectivity index (χ4n) is 1.42. The number of rotatable bonds is 3. The van der Waals surface area contributed by atoms with E-state index in [-0.39, 0.29) is 11.3 Å². The highest BCUT2D eigenvalue weighted by molar-refractivity contribution is 5.96. The molecule has 0 saturated carbocycles. The van der Waals surface area contributed by atoms with Gasteiger partial charge >= 0.3 is 5.97 Å². The summed E-state index contributed by atoms with van der Waals surface area (Å²) in [4.78, 5) is 23.2. The van der Waals surface area contributed by atoms with E-state index >= 15 is 0 Å². The molecule has 0 unspecified atom stereocenters. The maximum Gasteiger partial charge on any atom is 0.337 e. The summed E-state index contributed by atoms with van der Waals surface area (Å²) < 4.78 is 4.59. The van der Waals surface area contributed by atoms with Gasteiger partial charge in [-0.3, -0.25) is 4.79 Å². The third-order valence-electron chi connectivity index (χ3n) is 2.79. The highest BCUT2D eigenvalue weighted by atomic mass is 16.5. The fourth-order valence-corrected chi connectivity index (χ4v) is 1.42. The summed E-state index contributed by atoms with van der Waals surface area (Å²) in [6.07, 6.45) is 0. The number of hydrogen-bond acceptors (Lipinski definition) is 4. The average molecular weight is 264 g/mol. The van der Waals surface area contributed by atoms with Crippen molar-refractivity contribution in [3.63, 3.8) is 0 Å². The van der Waals surface area contributed by atoms with E-state index in [1.807, 2.05) is 20.8 Å². The Morgan fingerprint density at radius 1 is 1.21 bits per heavy atom. The van der Waals surface area contributed by atoms with Crippen LogP contribution in [-0.2, 0) is 9.53 Å². The van der Waals surface area contributed by atoms with Gasteiger partial charge < -0.3 is 15.8 Å². The normalized spacial score (nSPS) is 12.7. The van der Waals surface area contributed by atoms with Crippen molar-refractivity contribution in [3.8, 4) is 0 Å². The molecule has 0 radical (unpaired) electrons. The van der Waals surface area contributed by atoms with Crippen molar-refractivity contribution in [1.29, 1.82) is 0 Å².